The zero-order chi connectivity index (χ0) is 9.64. The molecular formula is C10H14O4. The third-order valence-corrected chi connectivity index (χ3v) is 1.83. The average molecular weight is 198 g/mol. The molecule has 4 nitrogen and oxygen atoms in total. The number of ether oxygens (including phenoxy) is 4. The lowest BCUT2D eigenvalue weighted by Gasteiger charge is -1.94. The monoisotopic (exact) mass is 198 g/mol. The van der Waals surface area contributed by atoms with Crippen LogP contribution in [0.1, 0.15) is 0 Å². The minimum Gasteiger partial charge on any atom is -0.498 e. The van der Waals surface area contributed by atoms with Crippen molar-refractivity contribution in [1.29, 1.82) is 0 Å². The Kier molecular flexibility index (Phi) is 3.43. The normalized spacial score (nSPS) is 29.7. The SMILES string of the molecule is C(C=COCC1CO1)=COCC1CO1. The number of epoxide rings is 2. The van der Waals surface area contributed by atoms with Crippen LogP contribution in [0.15, 0.2) is 24.7 Å². The Hall–Kier alpha value is -1.00. The van der Waals surface area contributed by atoms with Crippen LogP contribution in [-0.4, -0.2) is 38.6 Å². The molecule has 2 heterocycles. The molecule has 0 saturated carbocycles. The molecule has 78 valence electrons. The summed E-state index contributed by atoms with van der Waals surface area (Å²) in [5, 5.41) is 0. The van der Waals surface area contributed by atoms with Gasteiger partial charge in [0, 0.05) is 0 Å². The van der Waals surface area contributed by atoms with Crippen molar-refractivity contribution in [3.8, 4) is 0 Å². The first-order valence-corrected chi connectivity index (χ1v) is 4.73. The Labute approximate surface area is 83.1 Å². The lowest BCUT2D eigenvalue weighted by atomic mass is 10.5. The molecule has 14 heavy (non-hydrogen) atoms. The average Bonchev–Trinajstić information content (AvgIpc) is 3.00. The first-order chi connectivity index (χ1) is 6.95. The molecular weight excluding hydrogens is 184 g/mol. The van der Waals surface area contributed by atoms with E-state index in [1.807, 2.05) is 0 Å². The van der Waals surface area contributed by atoms with Crippen LogP contribution >= 0.6 is 0 Å². The summed E-state index contributed by atoms with van der Waals surface area (Å²) in [5.41, 5.74) is 0. The van der Waals surface area contributed by atoms with Crippen LogP contribution in [0.2, 0.25) is 0 Å². The van der Waals surface area contributed by atoms with Crippen LogP contribution in [0, 0.1) is 0 Å². The van der Waals surface area contributed by atoms with Crippen molar-refractivity contribution < 1.29 is 18.9 Å². The second-order valence-corrected chi connectivity index (χ2v) is 3.23. The summed E-state index contributed by atoms with van der Waals surface area (Å²) in [4.78, 5) is 0. The molecule has 0 aromatic heterocycles. The van der Waals surface area contributed by atoms with Crippen molar-refractivity contribution in [2.45, 2.75) is 12.2 Å². The Morgan fingerprint density at radius 3 is 1.71 bits per heavy atom. The van der Waals surface area contributed by atoms with Crippen LogP contribution in [0.25, 0.3) is 0 Å². The van der Waals surface area contributed by atoms with E-state index in [1.54, 1.807) is 24.7 Å². The fourth-order valence-electron chi connectivity index (χ4n) is 0.856. The van der Waals surface area contributed by atoms with E-state index in [1.165, 1.54) is 0 Å². The first-order valence-electron chi connectivity index (χ1n) is 4.73. The van der Waals surface area contributed by atoms with Crippen LogP contribution in [0.4, 0.5) is 0 Å². The topological polar surface area (TPSA) is 43.5 Å². The van der Waals surface area contributed by atoms with Crippen LogP contribution in [0.3, 0.4) is 0 Å². The highest BCUT2D eigenvalue weighted by Crippen LogP contribution is 2.09. The molecule has 0 aromatic carbocycles. The van der Waals surface area contributed by atoms with Crippen molar-refractivity contribution in [2.75, 3.05) is 26.4 Å². The number of allylic oxidation sites excluding steroid dienone is 2. The highest BCUT2D eigenvalue weighted by molar-refractivity contribution is 4.96. The molecule has 2 saturated heterocycles. The van der Waals surface area contributed by atoms with Crippen molar-refractivity contribution in [2.24, 2.45) is 0 Å². The first kappa shape index (κ1) is 9.55. The van der Waals surface area contributed by atoms with Gasteiger partial charge in [-0.25, -0.2) is 0 Å². The molecule has 0 spiro atoms. The van der Waals surface area contributed by atoms with Gasteiger partial charge in [0.15, 0.2) is 0 Å². The van der Waals surface area contributed by atoms with Gasteiger partial charge in [0.05, 0.1) is 25.7 Å². The van der Waals surface area contributed by atoms with E-state index in [-0.39, 0.29) is 0 Å². The molecule has 2 aliphatic rings. The smallest absolute Gasteiger partial charge is 0.116 e. The van der Waals surface area contributed by atoms with Crippen molar-refractivity contribution in [3.05, 3.63) is 24.7 Å². The van der Waals surface area contributed by atoms with E-state index in [0.29, 0.717) is 25.4 Å². The molecule has 2 atom stereocenters. The lowest BCUT2D eigenvalue weighted by molar-refractivity contribution is 0.210. The van der Waals surface area contributed by atoms with Gasteiger partial charge in [-0.1, -0.05) is 0 Å². The van der Waals surface area contributed by atoms with E-state index in [2.05, 4.69) is 0 Å². The molecule has 0 aromatic rings. The van der Waals surface area contributed by atoms with Gasteiger partial charge < -0.3 is 18.9 Å². The molecule has 2 aliphatic heterocycles. The number of hydrogen-bond donors (Lipinski definition) is 0. The third kappa shape index (κ3) is 4.30. The Balaban J connectivity index is 1.42. The summed E-state index contributed by atoms with van der Waals surface area (Å²) >= 11 is 0. The van der Waals surface area contributed by atoms with E-state index in [0.717, 1.165) is 13.2 Å². The molecule has 2 unspecified atom stereocenters. The van der Waals surface area contributed by atoms with E-state index in [4.69, 9.17) is 18.9 Å². The van der Waals surface area contributed by atoms with Gasteiger partial charge in [-0.3, -0.25) is 0 Å². The van der Waals surface area contributed by atoms with Gasteiger partial charge in [0.1, 0.15) is 25.4 Å². The van der Waals surface area contributed by atoms with Gasteiger partial charge in [-0.15, -0.1) is 0 Å². The number of rotatable bonds is 7. The van der Waals surface area contributed by atoms with E-state index < -0.39 is 0 Å². The predicted molar refractivity (Wildman–Crippen MR) is 49.7 cm³/mol. The predicted octanol–water partition coefficient (Wildman–Crippen LogP) is 0.845. The molecule has 0 aliphatic carbocycles. The maximum absolute atomic E-state index is 5.16. The summed E-state index contributed by atoms with van der Waals surface area (Å²) in [5.74, 6) is 0. The fraction of sp³-hybridized carbons (Fsp3) is 0.600. The molecule has 0 amide bonds. The quantitative estimate of drug-likeness (QED) is 0.345. The summed E-state index contributed by atoms with van der Waals surface area (Å²) in [6.07, 6.45) is 7.47. The maximum atomic E-state index is 5.16. The van der Waals surface area contributed by atoms with Crippen LogP contribution in [-0.2, 0) is 18.9 Å². The Morgan fingerprint density at radius 1 is 0.929 bits per heavy atom. The molecule has 4 heteroatoms. The molecule has 2 rings (SSSR count). The third-order valence-electron chi connectivity index (χ3n) is 1.83. The van der Waals surface area contributed by atoms with E-state index in [9.17, 15) is 0 Å². The minimum absolute atomic E-state index is 0.312. The highest BCUT2D eigenvalue weighted by Gasteiger charge is 2.22. The zero-order valence-electron chi connectivity index (χ0n) is 7.93. The lowest BCUT2D eigenvalue weighted by Crippen LogP contribution is -1.95. The highest BCUT2D eigenvalue weighted by atomic mass is 16.6. The van der Waals surface area contributed by atoms with E-state index >= 15 is 0 Å². The summed E-state index contributed by atoms with van der Waals surface area (Å²) in [7, 11) is 0. The van der Waals surface area contributed by atoms with Gasteiger partial charge in [-0.05, 0) is 12.2 Å². The molecule has 0 N–H and O–H groups in total. The van der Waals surface area contributed by atoms with Crippen molar-refractivity contribution in [3.63, 3.8) is 0 Å². The maximum Gasteiger partial charge on any atom is 0.116 e. The molecule has 0 radical (unpaired) electrons. The van der Waals surface area contributed by atoms with Gasteiger partial charge in [-0.2, -0.15) is 0 Å². The second kappa shape index (κ2) is 5.02. The number of hydrogen-bond acceptors (Lipinski definition) is 4. The summed E-state index contributed by atoms with van der Waals surface area (Å²) < 4.78 is 20.3. The Morgan fingerprint density at radius 2 is 1.36 bits per heavy atom. The standard InChI is InChI=1S/C10H14O4/c1(3-11-5-9-7-13-9)2-4-12-6-10-8-14-10/h1-4,9-10H,5-8H2. The summed E-state index contributed by atoms with van der Waals surface area (Å²) in [6, 6.07) is 0. The zero-order valence-corrected chi connectivity index (χ0v) is 7.93. The van der Waals surface area contributed by atoms with Crippen LogP contribution in [0.5, 0.6) is 0 Å². The Bertz CT molecular complexity index is 192. The van der Waals surface area contributed by atoms with Gasteiger partial charge in [0.2, 0.25) is 0 Å². The van der Waals surface area contributed by atoms with Crippen molar-refractivity contribution >= 4 is 0 Å². The van der Waals surface area contributed by atoms with Gasteiger partial charge >= 0.3 is 0 Å². The second-order valence-electron chi connectivity index (χ2n) is 3.23. The largest absolute Gasteiger partial charge is 0.498 e. The summed E-state index contributed by atoms with van der Waals surface area (Å²) in [6.45, 7) is 2.94. The van der Waals surface area contributed by atoms with Crippen molar-refractivity contribution in [1.82, 2.24) is 0 Å². The fourth-order valence-corrected chi connectivity index (χ4v) is 0.856. The molecule has 0 bridgehead atoms. The minimum atomic E-state index is 0.312. The van der Waals surface area contributed by atoms with Gasteiger partial charge in [0.25, 0.3) is 0 Å². The molecule has 2 fully saturated rings. The van der Waals surface area contributed by atoms with Crippen LogP contribution < -0.4 is 0 Å².